The highest BCUT2D eigenvalue weighted by Crippen LogP contribution is 2.18. The highest BCUT2D eigenvalue weighted by molar-refractivity contribution is 5.96. The number of benzene rings is 1. The summed E-state index contributed by atoms with van der Waals surface area (Å²) in [4.78, 5) is 24.1. The Bertz CT molecular complexity index is 769. The predicted molar refractivity (Wildman–Crippen MR) is 91.6 cm³/mol. The SMILES string of the molecule is Cc1nn(C)c(C)c1NC(=O)C(C)OC(=O)CCc1ccc(F)cc1. The fourth-order valence-electron chi connectivity index (χ4n) is 2.39. The Morgan fingerprint density at radius 1 is 1.28 bits per heavy atom. The van der Waals surface area contributed by atoms with E-state index in [0.717, 1.165) is 11.3 Å². The second-order valence-corrected chi connectivity index (χ2v) is 5.92. The molecule has 1 heterocycles. The van der Waals surface area contributed by atoms with Gasteiger partial charge < -0.3 is 10.1 Å². The number of nitrogens with zero attached hydrogens (tertiary/aromatic N) is 2. The third kappa shape index (κ3) is 4.89. The van der Waals surface area contributed by atoms with Crippen molar-refractivity contribution in [2.24, 2.45) is 7.05 Å². The van der Waals surface area contributed by atoms with Gasteiger partial charge in [0.15, 0.2) is 6.10 Å². The van der Waals surface area contributed by atoms with Gasteiger partial charge in [-0.05, 0) is 44.9 Å². The summed E-state index contributed by atoms with van der Waals surface area (Å²) < 4.78 is 19.7. The monoisotopic (exact) mass is 347 g/mol. The van der Waals surface area contributed by atoms with Gasteiger partial charge in [-0.2, -0.15) is 5.10 Å². The van der Waals surface area contributed by atoms with Gasteiger partial charge in [-0.3, -0.25) is 14.3 Å². The highest BCUT2D eigenvalue weighted by atomic mass is 19.1. The van der Waals surface area contributed by atoms with Crippen molar-refractivity contribution in [2.75, 3.05) is 5.32 Å². The molecule has 1 unspecified atom stereocenters. The first-order valence-electron chi connectivity index (χ1n) is 8.03. The van der Waals surface area contributed by atoms with Crippen molar-refractivity contribution in [1.29, 1.82) is 0 Å². The predicted octanol–water partition coefficient (Wildman–Crippen LogP) is 2.68. The van der Waals surface area contributed by atoms with Crippen molar-refractivity contribution in [3.63, 3.8) is 0 Å². The van der Waals surface area contributed by atoms with Crippen molar-refractivity contribution in [1.82, 2.24) is 9.78 Å². The lowest BCUT2D eigenvalue weighted by molar-refractivity contribution is -0.153. The Hall–Kier alpha value is -2.70. The highest BCUT2D eigenvalue weighted by Gasteiger charge is 2.20. The summed E-state index contributed by atoms with van der Waals surface area (Å²) in [6, 6.07) is 5.92. The van der Waals surface area contributed by atoms with Crippen LogP contribution in [0.5, 0.6) is 0 Å². The van der Waals surface area contributed by atoms with Crippen LogP contribution in [0.1, 0.15) is 30.3 Å². The second-order valence-electron chi connectivity index (χ2n) is 5.92. The van der Waals surface area contributed by atoms with Gasteiger partial charge in [-0.15, -0.1) is 0 Å². The van der Waals surface area contributed by atoms with Crippen LogP contribution in [0.15, 0.2) is 24.3 Å². The molecule has 0 aliphatic rings. The molecular weight excluding hydrogens is 325 g/mol. The van der Waals surface area contributed by atoms with E-state index in [-0.39, 0.29) is 12.2 Å². The first-order valence-corrected chi connectivity index (χ1v) is 8.03. The zero-order valence-electron chi connectivity index (χ0n) is 14.8. The minimum absolute atomic E-state index is 0.119. The summed E-state index contributed by atoms with van der Waals surface area (Å²) in [5.41, 5.74) is 2.97. The van der Waals surface area contributed by atoms with E-state index in [0.29, 0.717) is 17.8 Å². The fourth-order valence-corrected chi connectivity index (χ4v) is 2.39. The summed E-state index contributed by atoms with van der Waals surface area (Å²) in [6.45, 7) is 5.16. The van der Waals surface area contributed by atoms with Gasteiger partial charge in [-0.1, -0.05) is 12.1 Å². The standard InChI is InChI=1S/C18H22FN3O3/c1-11-17(12(2)22(4)21-11)20-18(24)13(3)25-16(23)10-7-14-5-8-15(19)9-6-14/h5-6,8-9,13H,7,10H2,1-4H3,(H,20,24). The fraction of sp³-hybridized carbons (Fsp3) is 0.389. The molecule has 1 atom stereocenters. The minimum atomic E-state index is -0.917. The number of carbonyl (C=O) groups is 2. The zero-order valence-corrected chi connectivity index (χ0v) is 14.8. The van der Waals surface area contributed by atoms with E-state index in [1.807, 2.05) is 6.92 Å². The van der Waals surface area contributed by atoms with Gasteiger partial charge in [-0.25, -0.2) is 4.39 Å². The lowest BCUT2D eigenvalue weighted by atomic mass is 10.1. The molecule has 25 heavy (non-hydrogen) atoms. The van der Waals surface area contributed by atoms with Gasteiger partial charge >= 0.3 is 5.97 Å². The van der Waals surface area contributed by atoms with Gasteiger partial charge in [0.25, 0.3) is 5.91 Å². The molecular formula is C18H22FN3O3. The van der Waals surface area contributed by atoms with E-state index in [1.54, 1.807) is 30.8 Å². The third-order valence-corrected chi connectivity index (χ3v) is 3.97. The summed E-state index contributed by atoms with van der Waals surface area (Å²) in [5.74, 6) is -1.21. The average Bonchev–Trinajstić information content (AvgIpc) is 2.80. The molecule has 1 amide bonds. The smallest absolute Gasteiger partial charge is 0.306 e. The Morgan fingerprint density at radius 3 is 2.48 bits per heavy atom. The molecule has 134 valence electrons. The van der Waals surface area contributed by atoms with Crippen molar-refractivity contribution < 1.29 is 18.7 Å². The number of carbonyl (C=O) groups excluding carboxylic acids is 2. The average molecular weight is 347 g/mol. The molecule has 0 saturated heterocycles. The molecule has 0 radical (unpaired) electrons. The summed E-state index contributed by atoms with van der Waals surface area (Å²) in [5, 5.41) is 6.96. The first-order chi connectivity index (χ1) is 11.8. The van der Waals surface area contributed by atoms with E-state index >= 15 is 0 Å². The van der Waals surface area contributed by atoms with Crippen LogP contribution in [0.25, 0.3) is 0 Å². The van der Waals surface area contributed by atoms with Crippen LogP contribution in [-0.2, 0) is 27.8 Å². The number of hydrogen-bond acceptors (Lipinski definition) is 4. The van der Waals surface area contributed by atoms with E-state index in [1.165, 1.54) is 19.1 Å². The molecule has 6 nitrogen and oxygen atoms in total. The molecule has 1 aromatic carbocycles. The van der Waals surface area contributed by atoms with Crippen molar-refractivity contribution in [3.8, 4) is 0 Å². The van der Waals surface area contributed by atoms with Crippen LogP contribution in [0.2, 0.25) is 0 Å². The van der Waals surface area contributed by atoms with Gasteiger partial charge in [0.2, 0.25) is 0 Å². The largest absolute Gasteiger partial charge is 0.453 e. The number of aryl methyl sites for hydroxylation is 3. The number of aromatic nitrogens is 2. The van der Waals surface area contributed by atoms with Crippen molar-refractivity contribution in [3.05, 3.63) is 47.0 Å². The molecule has 0 saturated carbocycles. The number of esters is 1. The van der Waals surface area contributed by atoms with Crippen LogP contribution in [0.3, 0.4) is 0 Å². The maximum absolute atomic E-state index is 12.8. The van der Waals surface area contributed by atoms with E-state index in [2.05, 4.69) is 10.4 Å². The summed E-state index contributed by atoms with van der Waals surface area (Å²) in [6.07, 6.45) is -0.373. The third-order valence-electron chi connectivity index (χ3n) is 3.97. The number of nitrogens with one attached hydrogen (secondary N) is 1. The number of ether oxygens (including phenoxy) is 1. The molecule has 1 aromatic heterocycles. The molecule has 0 bridgehead atoms. The number of anilines is 1. The molecule has 2 rings (SSSR count). The Kier molecular flexibility index (Phi) is 5.90. The lowest BCUT2D eigenvalue weighted by Crippen LogP contribution is -2.30. The number of hydrogen-bond donors (Lipinski definition) is 1. The van der Waals surface area contributed by atoms with Crippen LogP contribution in [0, 0.1) is 19.7 Å². The lowest BCUT2D eigenvalue weighted by Gasteiger charge is -2.14. The second kappa shape index (κ2) is 7.92. The van der Waals surface area contributed by atoms with Crippen LogP contribution in [0.4, 0.5) is 10.1 Å². The number of rotatable bonds is 6. The molecule has 0 aliphatic carbocycles. The topological polar surface area (TPSA) is 73.2 Å². The van der Waals surface area contributed by atoms with Crippen molar-refractivity contribution in [2.45, 2.75) is 39.7 Å². The maximum Gasteiger partial charge on any atom is 0.306 e. The first kappa shape index (κ1) is 18.6. The van der Waals surface area contributed by atoms with Crippen molar-refractivity contribution >= 4 is 17.6 Å². The molecule has 0 fully saturated rings. The number of amides is 1. The summed E-state index contributed by atoms with van der Waals surface area (Å²) in [7, 11) is 1.79. The molecule has 1 N–H and O–H groups in total. The van der Waals surface area contributed by atoms with Crippen LogP contribution < -0.4 is 5.32 Å². The molecule has 2 aromatic rings. The minimum Gasteiger partial charge on any atom is -0.453 e. The Morgan fingerprint density at radius 2 is 1.92 bits per heavy atom. The molecule has 7 heteroatoms. The van der Waals surface area contributed by atoms with Crippen LogP contribution >= 0.6 is 0 Å². The van der Waals surface area contributed by atoms with Crippen LogP contribution in [-0.4, -0.2) is 27.8 Å². The number of halogens is 1. The molecule has 0 spiro atoms. The van der Waals surface area contributed by atoms with E-state index in [9.17, 15) is 14.0 Å². The maximum atomic E-state index is 12.8. The molecule has 0 aliphatic heterocycles. The Balaban J connectivity index is 1.85. The van der Waals surface area contributed by atoms with Gasteiger partial charge in [0, 0.05) is 13.5 Å². The van der Waals surface area contributed by atoms with E-state index in [4.69, 9.17) is 4.74 Å². The van der Waals surface area contributed by atoms with Gasteiger partial charge in [0.1, 0.15) is 5.82 Å². The van der Waals surface area contributed by atoms with E-state index < -0.39 is 18.0 Å². The zero-order chi connectivity index (χ0) is 18.6. The van der Waals surface area contributed by atoms with Gasteiger partial charge in [0.05, 0.1) is 17.1 Å². The Labute approximate surface area is 146 Å². The summed E-state index contributed by atoms with van der Waals surface area (Å²) >= 11 is 0. The normalized spacial score (nSPS) is 11.9. The quantitative estimate of drug-likeness (QED) is 0.816.